The van der Waals surface area contributed by atoms with Crippen LogP contribution < -0.4 is 11.1 Å². The maximum Gasteiger partial charge on any atom is 0.223 e. The van der Waals surface area contributed by atoms with Gasteiger partial charge >= 0.3 is 0 Å². The molecule has 0 bridgehead atoms. The van der Waals surface area contributed by atoms with Crippen molar-refractivity contribution < 1.29 is 9.90 Å². The molecule has 0 heterocycles. The van der Waals surface area contributed by atoms with Crippen molar-refractivity contribution in [3.05, 3.63) is 35.4 Å². The number of carbonyl (C=O) groups is 1. The lowest BCUT2D eigenvalue weighted by Crippen LogP contribution is -2.30. The first-order valence-corrected chi connectivity index (χ1v) is 6.41. The highest BCUT2D eigenvalue weighted by Crippen LogP contribution is 2.24. The molecule has 2 atom stereocenters. The Hall–Kier alpha value is -1.39. The molecule has 2 rings (SSSR count). The summed E-state index contributed by atoms with van der Waals surface area (Å²) in [6.07, 6.45) is 2.63. The van der Waals surface area contributed by atoms with E-state index in [4.69, 9.17) is 10.8 Å². The standard InChI is InChI=1S/C14H20N2O2/c15-13-5-4-12(7-13)14(18)16-8-10-2-1-3-11(6-10)9-17/h1-3,6,12-13,17H,4-5,7-9,15H2,(H,16,18). The quantitative estimate of drug-likeness (QED) is 0.741. The van der Waals surface area contributed by atoms with E-state index in [2.05, 4.69) is 5.32 Å². The minimum atomic E-state index is 0.0270. The number of nitrogens with two attached hydrogens (primary N) is 1. The van der Waals surface area contributed by atoms with Crippen LogP contribution in [-0.4, -0.2) is 17.1 Å². The summed E-state index contributed by atoms with van der Waals surface area (Å²) in [5.74, 6) is 0.165. The fraction of sp³-hybridized carbons (Fsp3) is 0.500. The maximum absolute atomic E-state index is 11.9. The van der Waals surface area contributed by atoms with Crippen molar-refractivity contribution in [2.45, 2.75) is 38.5 Å². The molecule has 0 saturated heterocycles. The molecule has 1 aliphatic rings. The number of amides is 1. The fourth-order valence-corrected chi connectivity index (χ4v) is 2.43. The van der Waals surface area contributed by atoms with E-state index in [0.717, 1.165) is 30.4 Å². The lowest BCUT2D eigenvalue weighted by atomic mass is 10.1. The third kappa shape index (κ3) is 3.31. The van der Waals surface area contributed by atoms with Gasteiger partial charge in [0.25, 0.3) is 0 Å². The Morgan fingerprint density at radius 1 is 1.39 bits per heavy atom. The number of benzene rings is 1. The summed E-state index contributed by atoms with van der Waals surface area (Å²) in [6.45, 7) is 0.539. The third-order valence-electron chi connectivity index (χ3n) is 3.48. The molecule has 4 heteroatoms. The zero-order valence-electron chi connectivity index (χ0n) is 10.4. The topological polar surface area (TPSA) is 75.4 Å². The van der Waals surface area contributed by atoms with Crippen LogP contribution in [0.4, 0.5) is 0 Å². The highest BCUT2D eigenvalue weighted by molar-refractivity contribution is 5.79. The van der Waals surface area contributed by atoms with Crippen LogP contribution in [0.15, 0.2) is 24.3 Å². The second-order valence-corrected chi connectivity index (χ2v) is 4.97. The molecular weight excluding hydrogens is 228 g/mol. The predicted molar refractivity (Wildman–Crippen MR) is 69.5 cm³/mol. The number of hydrogen-bond donors (Lipinski definition) is 3. The average Bonchev–Trinajstić information content (AvgIpc) is 2.83. The smallest absolute Gasteiger partial charge is 0.223 e. The van der Waals surface area contributed by atoms with Gasteiger partial charge < -0.3 is 16.2 Å². The fourth-order valence-electron chi connectivity index (χ4n) is 2.43. The molecular formula is C14H20N2O2. The number of nitrogens with one attached hydrogen (secondary N) is 1. The zero-order valence-corrected chi connectivity index (χ0v) is 10.4. The van der Waals surface area contributed by atoms with Crippen LogP contribution in [0.2, 0.25) is 0 Å². The van der Waals surface area contributed by atoms with E-state index < -0.39 is 0 Å². The van der Waals surface area contributed by atoms with Gasteiger partial charge in [0, 0.05) is 18.5 Å². The van der Waals surface area contributed by atoms with Crippen LogP contribution in [-0.2, 0) is 17.9 Å². The summed E-state index contributed by atoms with van der Waals surface area (Å²) in [6, 6.07) is 7.78. The first-order valence-electron chi connectivity index (χ1n) is 6.41. The second-order valence-electron chi connectivity index (χ2n) is 4.97. The minimum Gasteiger partial charge on any atom is -0.392 e. The Bertz CT molecular complexity index is 420. The summed E-state index contributed by atoms with van der Waals surface area (Å²) in [5.41, 5.74) is 7.68. The SMILES string of the molecule is NC1CCC(C(=O)NCc2cccc(CO)c2)C1. The van der Waals surface area contributed by atoms with Gasteiger partial charge in [-0.05, 0) is 30.4 Å². The van der Waals surface area contributed by atoms with Crippen LogP contribution in [0, 0.1) is 5.92 Å². The molecule has 1 saturated carbocycles. The van der Waals surface area contributed by atoms with Gasteiger partial charge in [0.15, 0.2) is 0 Å². The highest BCUT2D eigenvalue weighted by atomic mass is 16.3. The molecule has 1 fully saturated rings. The average molecular weight is 248 g/mol. The molecule has 98 valence electrons. The van der Waals surface area contributed by atoms with Gasteiger partial charge in [-0.3, -0.25) is 4.79 Å². The third-order valence-corrected chi connectivity index (χ3v) is 3.48. The molecule has 2 unspecified atom stereocenters. The summed E-state index contributed by atoms with van der Waals surface area (Å²) in [7, 11) is 0. The van der Waals surface area contributed by atoms with Crippen molar-refractivity contribution >= 4 is 5.91 Å². The van der Waals surface area contributed by atoms with Gasteiger partial charge in [-0.15, -0.1) is 0 Å². The number of rotatable bonds is 4. The normalized spacial score (nSPS) is 23.0. The maximum atomic E-state index is 11.9. The molecule has 1 amide bonds. The highest BCUT2D eigenvalue weighted by Gasteiger charge is 2.27. The van der Waals surface area contributed by atoms with E-state index in [0.29, 0.717) is 6.54 Å². The van der Waals surface area contributed by atoms with Crippen LogP contribution in [0.3, 0.4) is 0 Å². The molecule has 4 N–H and O–H groups in total. The van der Waals surface area contributed by atoms with E-state index in [-0.39, 0.29) is 24.5 Å². The second kappa shape index (κ2) is 5.98. The monoisotopic (exact) mass is 248 g/mol. The molecule has 1 aliphatic carbocycles. The lowest BCUT2D eigenvalue weighted by molar-refractivity contribution is -0.125. The van der Waals surface area contributed by atoms with E-state index >= 15 is 0 Å². The van der Waals surface area contributed by atoms with Gasteiger partial charge in [-0.2, -0.15) is 0 Å². The number of carbonyl (C=O) groups excluding carboxylic acids is 1. The van der Waals surface area contributed by atoms with Crippen molar-refractivity contribution in [1.82, 2.24) is 5.32 Å². The molecule has 18 heavy (non-hydrogen) atoms. The Labute approximate surface area is 107 Å². The molecule has 4 nitrogen and oxygen atoms in total. The van der Waals surface area contributed by atoms with E-state index in [1.807, 2.05) is 24.3 Å². The molecule has 0 aromatic heterocycles. The van der Waals surface area contributed by atoms with Crippen molar-refractivity contribution in [3.8, 4) is 0 Å². The Morgan fingerprint density at radius 3 is 2.83 bits per heavy atom. The van der Waals surface area contributed by atoms with Gasteiger partial charge in [0.1, 0.15) is 0 Å². The molecule has 0 aliphatic heterocycles. The molecule has 1 aromatic carbocycles. The van der Waals surface area contributed by atoms with Crippen LogP contribution in [0.1, 0.15) is 30.4 Å². The predicted octanol–water partition coefficient (Wildman–Crippen LogP) is 0.922. The van der Waals surface area contributed by atoms with Gasteiger partial charge in [-0.1, -0.05) is 24.3 Å². The Kier molecular flexibility index (Phi) is 4.33. The minimum absolute atomic E-state index is 0.0270. The first-order chi connectivity index (χ1) is 8.69. The molecule has 0 spiro atoms. The number of aliphatic hydroxyl groups excluding tert-OH is 1. The lowest BCUT2D eigenvalue weighted by Gasteiger charge is -2.11. The Morgan fingerprint density at radius 2 is 2.17 bits per heavy atom. The van der Waals surface area contributed by atoms with Crippen molar-refractivity contribution in [2.24, 2.45) is 11.7 Å². The molecule has 1 aromatic rings. The van der Waals surface area contributed by atoms with Crippen LogP contribution in [0.25, 0.3) is 0 Å². The number of hydrogen-bond acceptors (Lipinski definition) is 3. The van der Waals surface area contributed by atoms with Gasteiger partial charge in [-0.25, -0.2) is 0 Å². The number of aliphatic hydroxyl groups is 1. The van der Waals surface area contributed by atoms with E-state index in [9.17, 15) is 4.79 Å². The van der Waals surface area contributed by atoms with Gasteiger partial charge in [0.05, 0.1) is 6.61 Å². The molecule has 0 radical (unpaired) electrons. The first kappa shape index (κ1) is 13.1. The zero-order chi connectivity index (χ0) is 13.0. The Balaban J connectivity index is 1.85. The summed E-state index contributed by atoms with van der Waals surface area (Å²) in [4.78, 5) is 11.9. The van der Waals surface area contributed by atoms with Crippen molar-refractivity contribution in [1.29, 1.82) is 0 Å². The van der Waals surface area contributed by atoms with Crippen LogP contribution >= 0.6 is 0 Å². The van der Waals surface area contributed by atoms with Crippen molar-refractivity contribution in [3.63, 3.8) is 0 Å². The van der Waals surface area contributed by atoms with E-state index in [1.165, 1.54) is 0 Å². The summed E-state index contributed by atoms with van der Waals surface area (Å²) < 4.78 is 0. The van der Waals surface area contributed by atoms with Crippen LogP contribution in [0.5, 0.6) is 0 Å². The summed E-state index contributed by atoms with van der Waals surface area (Å²) >= 11 is 0. The van der Waals surface area contributed by atoms with E-state index in [1.54, 1.807) is 0 Å². The largest absolute Gasteiger partial charge is 0.392 e. The van der Waals surface area contributed by atoms with Gasteiger partial charge in [0.2, 0.25) is 5.91 Å². The van der Waals surface area contributed by atoms with Crippen molar-refractivity contribution in [2.75, 3.05) is 0 Å². The summed E-state index contributed by atoms with van der Waals surface area (Å²) in [5, 5.41) is 12.0.